The molecule has 0 saturated heterocycles. The molecule has 1 amide bonds. The molecule has 178 valence electrons. The van der Waals surface area contributed by atoms with Gasteiger partial charge in [0, 0.05) is 5.02 Å². The Kier molecular flexibility index (Phi) is 6.86. The quantitative estimate of drug-likeness (QED) is 0.516. The Hall–Kier alpha value is -3.03. The van der Waals surface area contributed by atoms with Crippen LogP contribution in [0.25, 0.3) is 0 Å². The van der Waals surface area contributed by atoms with E-state index in [-0.39, 0.29) is 23.2 Å². The van der Waals surface area contributed by atoms with Gasteiger partial charge in [0.25, 0.3) is 15.9 Å². The number of carbonyl (C=O) groups excluding carboxylic acids is 1. The number of fused-ring (bicyclic) bond motifs is 1. The Balaban J connectivity index is 1.61. The first-order valence-corrected chi connectivity index (χ1v) is 13.0. The van der Waals surface area contributed by atoms with Crippen molar-refractivity contribution in [2.45, 2.75) is 44.2 Å². The summed E-state index contributed by atoms with van der Waals surface area (Å²) in [6.07, 6.45) is -0.0858. The normalized spacial score (nSPS) is 16.4. The molecule has 0 radical (unpaired) electrons. The number of hydrogen-bond donors (Lipinski definition) is 1. The lowest BCUT2D eigenvalue weighted by molar-refractivity contribution is -0.128. The summed E-state index contributed by atoms with van der Waals surface area (Å²) >= 11 is 6.16. The number of sulfonamides is 1. The monoisotopic (exact) mass is 498 g/mol. The van der Waals surface area contributed by atoms with Gasteiger partial charge in [-0.3, -0.25) is 9.10 Å². The molecule has 1 heterocycles. The van der Waals surface area contributed by atoms with Crippen molar-refractivity contribution < 1.29 is 17.9 Å². The summed E-state index contributed by atoms with van der Waals surface area (Å²) in [4.78, 5) is 13.3. The third-order valence-electron chi connectivity index (χ3n) is 5.94. The van der Waals surface area contributed by atoms with Crippen LogP contribution < -0.4 is 14.4 Å². The van der Waals surface area contributed by atoms with E-state index in [1.807, 2.05) is 38.1 Å². The fourth-order valence-electron chi connectivity index (χ4n) is 3.86. The van der Waals surface area contributed by atoms with Crippen LogP contribution in [0.1, 0.15) is 36.6 Å². The molecule has 1 aliphatic rings. The van der Waals surface area contributed by atoms with Gasteiger partial charge in [-0.15, -0.1) is 0 Å². The highest BCUT2D eigenvalue weighted by Crippen LogP contribution is 2.39. The minimum Gasteiger partial charge on any atom is -0.476 e. The number of carbonyl (C=O) groups is 1. The van der Waals surface area contributed by atoms with Crippen LogP contribution in [0.5, 0.6) is 5.75 Å². The summed E-state index contributed by atoms with van der Waals surface area (Å²) in [6.45, 7) is 5.69. The van der Waals surface area contributed by atoms with E-state index in [1.165, 1.54) is 15.9 Å². The van der Waals surface area contributed by atoms with Gasteiger partial charge >= 0.3 is 0 Å². The van der Waals surface area contributed by atoms with Gasteiger partial charge in [0.15, 0.2) is 6.10 Å². The molecule has 2 atom stereocenters. The van der Waals surface area contributed by atoms with Crippen LogP contribution >= 0.6 is 11.6 Å². The van der Waals surface area contributed by atoms with E-state index in [1.54, 1.807) is 36.4 Å². The van der Waals surface area contributed by atoms with Gasteiger partial charge in [0.05, 0.1) is 23.2 Å². The van der Waals surface area contributed by atoms with Gasteiger partial charge in [-0.05, 0) is 61.7 Å². The molecule has 0 aliphatic carbocycles. The van der Waals surface area contributed by atoms with Crippen molar-refractivity contribution in [3.05, 3.63) is 88.4 Å². The minimum atomic E-state index is -3.95. The fraction of sp³-hybridized carbons (Fsp3) is 0.269. The smallest absolute Gasteiger partial charge is 0.264 e. The fourth-order valence-corrected chi connectivity index (χ4v) is 5.49. The van der Waals surface area contributed by atoms with Crippen LogP contribution in [0, 0.1) is 6.92 Å². The van der Waals surface area contributed by atoms with Gasteiger partial charge in [-0.2, -0.15) is 0 Å². The first-order valence-electron chi connectivity index (χ1n) is 11.1. The Bertz CT molecular complexity index is 1290. The molecule has 0 saturated carbocycles. The number of aryl methyl sites for hydroxylation is 2. The predicted molar refractivity (Wildman–Crippen MR) is 134 cm³/mol. The second kappa shape index (κ2) is 9.68. The third-order valence-corrected chi connectivity index (χ3v) is 7.97. The second-order valence-corrected chi connectivity index (χ2v) is 10.7. The second-order valence-electron chi connectivity index (χ2n) is 8.39. The average Bonchev–Trinajstić information content (AvgIpc) is 2.83. The van der Waals surface area contributed by atoms with Crippen LogP contribution in [-0.2, 0) is 21.2 Å². The topological polar surface area (TPSA) is 75.7 Å². The zero-order chi connectivity index (χ0) is 24.5. The van der Waals surface area contributed by atoms with E-state index in [0.29, 0.717) is 10.7 Å². The van der Waals surface area contributed by atoms with Crippen molar-refractivity contribution in [1.82, 2.24) is 5.32 Å². The SMILES string of the molecule is CCc1ccc(C(C)NC(=O)C2CN(S(=O)(=O)c3ccc(C)cc3)c3cc(Cl)ccc3O2)cc1. The van der Waals surface area contributed by atoms with Gasteiger partial charge in [-0.25, -0.2) is 8.42 Å². The zero-order valence-corrected chi connectivity index (χ0v) is 20.9. The van der Waals surface area contributed by atoms with E-state index in [2.05, 4.69) is 12.2 Å². The lowest BCUT2D eigenvalue weighted by Crippen LogP contribution is -2.51. The van der Waals surface area contributed by atoms with Gasteiger partial charge in [0.2, 0.25) is 0 Å². The third kappa shape index (κ3) is 4.91. The van der Waals surface area contributed by atoms with Crippen LogP contribution in [0.4, 0.5) is 5.69 Å². The molecule has 4 rings (SSSR count). The van der Waals surface area contributed by atoms with Crippen molar-refractivity contribution in [2.75, 3.05) is 10.8 Å². The summed E-state index contributed by atoms with van der Waals surface area (Å²) in [6, 6.07) is 19.1. The molecule has 6 nitrogen and oxygen atoms in total. The molecule has 0 spiro atoms. The highest BCUT2D eigenvalue weighted by molar-refractivity contribution is 7.92. The maximum atomic E-state index is 13.5. The number of amides is 1. The molecule has 34 heavy (non-hydrogen) atoms. The van der Waals surface area contributed by atoms with Crippen LogP contribution in [0.15, 0.2) is 71.6 Å². The molecule has 3 aromatic rings. The highest BCUT2D eigenvalue weighted by Gasteiger charge is 2.38. The first-order chi connectivity index (χ1) is 16.2. The van der Waals surface area contributed by atoms with Crippen LogP contribution in [0.2, 0.25) is 5.02 Å². The Morgan fingerprint density at radius 1 is 1.12 bits per heavy atom. The van der Waals surface area contributed by atoms with E-state index >= 15 is 0 Å². The number of halogens is 1. The molecule has 1 aliphatic heterocycles. The summed E-state index contributed by atoms with van der Waals surface area (Å²) in [7, 11) is -3.95. The van der Waals surface area contributed by atoms with Crippen LogP contribution in [0.3, 0.4) is 0 Å². The summed E-state index contributed by atoms with van der Waals surface area (Å²) in [5.41, 5.74) is 3.42. The molecule has 2 unspecified atom stereocenters. The number of rotatable bonds is 6. The van der Waals surface area contributed by atoms with Crippen molar-refractivity contribution >= 4 is 33.2 Å². The number of ether oxygens (including phenoxy) is 1. The standard InChI is InChI=1S/C26H27ClN2O4S/c1-4-19-7-9-20(10-8-19)18(3)28-26(30)25-16-29(23-15-21(27)11-14-24(23)33-25)34(31,32)22-12-5-17(2)6-13-22/h5-15,18,25H,4,16H2,1-3H3,(H,28,30). The highest BCUT2D eigenvalue weighted by atomic mass is 35.5. The number of nitrogens with zero attached hydrogens (tertiary/aromatic N) is 1. The van der Waals surface area contributed by atoms with Crippen molar-refractivity contribution in [2.24, 2.45) is 0 Å². The largest absolute Gasteiger partial charge is 0.476 e. The molecule has 1 N–H and O–H groups in total. The Morgan fingerprint density at radius 2 is 1.79 bits per heavy atom. The summed E-state index contributed by atoms with van der Waals surface area (Å²) < 4.78 is 34.2. The van der Waals surface area contributed by atoms with E-state index < -0.39 is 22.0 Å². The van der Waals surface area contributed by atoms with Crippen molar-refractivity contribution in [3.8, 4) is 5.75 Å². The van der Waals surface area contributed by atoms with Crippen LogP contribution in [-0.4, -0.2) is 27.0 Å². The molecule has 0 fully saturated rings. The number of anilines is 1. The number of benzene rings is 3. The predicted octanol–water partition coefficient (Wildman–Crippen LogP) is 5.04. The minimum absolute atomic E-state index is 0.134. The maximum Gasteiger partial charge on any atom is 0.264 e. The maximum absolute atomic E-state index is 13.5. The van der Waals surface area contributed by atoms with E-state index in [9.17, 15) is 13.2 Å². The zero-order valence-electron chi connectivity index (χ0n) is 19.3. The number of hydrogen-bond acceptors (Lipinski definition) is 4. The van der Waals surface area contributed by atoms with Gasteiger partial charge in [-0.1, -0.05) is 60.5 Å². The molecule has 0 bridgehead atoms. The summed E-state index contributed by atoms with van der Waals surface area (Å²) in [5, 5.41) is 3.33. The Labute approximate surface area is 205 Å². The van der Waals surface area contributed by atoms with Crippen molar-refractivity contribution in [1.29, 1.82) is 0 Å². The molecular weight excluding hydrogens is 472 g/mol. The summed E-state index contributed by atoms with van der Waals surface area (Å²) in [5.74, 6) is -0.108. The molecular formula is C26H27ClN2O4S. The van der Waals surface area contributed by atoms with Gasteiger partial charge < -0.3 is 10.1 Å². The lowest BCUT2D eigenvalue weighted by Gasteiger charge is -2.35. The van der Waals surface area contributed by atoms with Crippen molar-refractivity contribution in [3.63, 3.8) is 0 Å². The van der Waals surface area contributed by atoms with Gasteiger partial charge in [0.1, 0.15) is 5.75 Å². The Morgan fingerprint density at radius 3 is 2.44 bits per heavy atom. The molecule has 3 aromatic carbocycles. The average molecular weight is 499 g/mol. The molecule has 8 heteroatoms. The van der Waals surface area contributed by atoms with E-state index in [4.69, 9.17) is 16.3 Å². The first kappa shape index (κ1) is 24.1. The lowest BCUT2D eigenvalue weighted by atomic mass is 10.0. The molecule has 0 aromatic heterocycles. The van der Waals surface area contributed by atoms with E-state index in [0.717, 1.165) is 17.5 Å². The number of nitrogens with one attached hydrogen (secondary N) is 1.